The molecule has 1 aliphatic heterocycles. The van der Waals surface area contributed by atoms with Crippen LogP contribution in [0, 0.1) is 10.1 Å². The van der Waals surface area contributed by atoms with Gasteiger partial charge in [0.25, 0.3) is 5.69 Å². The largest absolute Gasteiger partial charge is 0.486 e. The number of methoxy groups -OCH3 is 1. The Labute approximate surface area is 216 Å². The van der Waals surface area contributed by atoms with Gasteiger partial charge in [0.05, 0.1) is 35.1 Å². The smallest absolute Gasteiger partial charge is 0.273 e. The predicted molar refractivity (Wildman–Crippen MR) is 140 cm³/mol. The molecule has 0 unspecified atom stereocenters. The predicted octanol–water partition coefficient (Wildman–Crippen LogP) is 4.79. The minimum atomic E-state index is -3.78. The maximum absolute atomic E-state index is 13.0. The Kier molecular flexibility index (Phi) is 8.11. The highest BCUT2D eigenvalue weighted by Gasteiger charge is 2.35. The average Bonchev–Trinajstić information content (AvgIpc) is 2.91. The fourth-order valence-electron chi connectivity index (χ4n) is 4.49. The Balaban J connectivity index is 1.70. The SMILES string of the molecule is COC1(c2cccc(CN(c3ccc([N+](=O)[O-])cc3OCc3ccccc3)S(C)(=O)=O)c2)CCOCC1. The number of sulfonamides is 1. The van der Waals surface area contributed by atoms with E-state index in [1.54, 1.807) is 7.11 Å². The number of hydrogen-bond acceptors (Lipinski definition) is 7. The molecule has 0 bridgehead atoms. The van der Waals surface area contributed by atoms with Gasteiger partial charge in [-0.25, -0.2) is 8.42 Å². The molecule has 10 heteroatoms. The van der Waals surface area contributed by atoms with Crippen molar-refractivity contribution in [1.29, 1.82) is 0 Å². The Hall–Kier alpha value is -3.47. The van der Waals surface area contributed by atoms with Crippen molar-refractivity contribution in [2.45, 2.75) is 31.6 Å². The third-order valence-electron chi connectivity index (χ3n) is 6.53. The second-order valence-electron chi connectivity index (χ2n) is 8.96. The molecule has 0 aromatic heterocycles. The summed E-state index contributed by atoms with van der Waals surface area (Å²) < 4.78 is 44.5. The van der Waals surface area contributed by atoms with Crippen molar-refractivity contribution in [2.24, 2.45) is 0 Å². The van der Waals surface area contributed by atoms with Gasteiger partial charge in [0.2, 0.25) is 10.0 Å². The summed E-state index contributed by atoms with van der Waals surface area (Å²) in [4.78, 5) is 10.9. The highest BCUT2D eigenvalue weighted by atomic mass is 32.2. The summed E-state index contributed by atoms with van der Waals surface area (Å²) in [6.07, 6.45) is 2.50. The van der Waals surface area contributed by atoms with Crippen LogP contribution in [-0.2, 0) is 38.2 Å². The minimum Gasteiger partial charge on any atom is -0.486 e. The van der Waals surface area contributed by atoms with Crippen molar-refractivity contribution in [1.82, 2.24) is 0 Å². The lowest BCUT2D eigenvalue weighted by Gasteiger charge is -2.36. The molecule has 0 aliphatic carbocycles. The first-order valence-corrected chi connectivity index (χ1v) is 13.7. The zero-order chi connectivity index (χ0) is 26.5. The summed E-state index contributed by atoms with van der Waals surface area (Å²) in [5, 5.41) is 11.4. The fraction of sp³-hybridized carbons (Fsp3) is 0.333. The summed E-state index contributed by atoms with van der Waals surface area (Å²) in [6, 6.07) is 20.9. The van der Waals surface area contributed by atoms with Crippen LogP contribution in [0.1, 0.15) is 29.5 Å². The second kappa shape index (κ2) is 11.3. The lowest BCUT2D eigenvalue weighted by molar-refractivity contribution is -0.384. The molecular weight excluding hydrogens is 496 g/mol. The topological polar surface area (TPSA) is 108 Å². The maximum Gasteiger partial charge on any atom is 0.273 e. The normalized spacial score (nSPS) is 15.2. The van der Waals surface area contributed by atoms with Gasteiger partial charge in [-0.2, -0.15) is 0 Å². The maximum atomic E-state index is 13.0. The zero-order valence-corrected chi connectivity index (χ0v) is 21.6. The van der Waals surface area contributed by atoms with Crippen molar-refractivity contribution in [2.75, 3.05) is 30.9 Å². The van der Waals surface area contributed by atoms with E-state index in [1.165, 1.54) is 22.5 Å². The molecule has 37 heavy (non-hydrogen) atoms. The second-order valence-corrected chi connectivity index (χ2v) is 10.9. The van der Waals surface area contributed by atoms with Gasteiger partial charge < -0.3 is 14.2 Å². The fourth-order valence-corrected chi connectivity index (χ4v) is 5.38. The van der Waals surface area contributed by atoms with Gasteiger partial charge in [0, 0.05) is 39.2 Å². The monoisotopic (exact) mass is 526 g/mol. The van der Waals surface area contributed by atoms with Gasteiger partial charge in [0.1, 0.15) is 6.61 Å². The number of anilines is 1. The van der Waals surface area contributed by atoms with E-state index in [2.05, 4.69) is 0 Å². The number of non-ortho nitro benzene ring substituents is 1. The van der Waals surface area contributed by atoms with Crippen LogP contribution in [0.4, 0.5) is 11.4 Å². The molecule has 0 radical (unpaired) electrons. The number of benzene rings is 3. The van der Waals surface area contributed by atoms with Gasteiger partial charge >= 0.3 is 0 Å². The first-order valence-electron chi connectivity index (χ1n) is 11.9. The van der Waals surface area contributed by atoms with Crippen LogP contribution in [0.25, 0.3) is 0 Å². The van der Waals surface area contributed by atoms with Crippen LogP contribution in [0.15, 0.2) is 72.8 Å². The van der Waals surface area contributed by atoms with Crippen molar-refractivity contribution < 1.29 is 27.6 Å². The quantitative estimate of drug-likeness (QED) is 0.276. The van der Waals surface area contributed by atoms with E-state index >= 15 is 0 Å². The molecule has 1 aliphatic rings. The van der Waals surface area contributed by atoms with Crippen molar-refractivity contribution in [3.8, 4) is 5.75 Å². The molecule has 0 spiro atoms. The number of hydrogen-bond donors (Lipinski definition) is 0. The molecular formula is C27H30N2O7S. The van der Waals surface area contributed by atoms with E-state index < -0.39 is 20.5 Å². The molecule has 1 saturated heterocycles. The molecule has 0 saturated carbocycles. The Morgan fingerprint density at radius 2 is 1.70 bits per heavy atom. The van der Waals surface area contributed by atoms with Crippen LogP contribution < -0.4 is 9.04 Å². The summed E-state index contributed by atoms with van der Waals surface area (Å²) >= 11 is 0. The van der Waals surface area contributed by atoms with Gasteiger partial charge in [-0.15, -0.1) is 0 Å². The first-order chi connectivity index (χ1) is 17.7. The van der Waals surface area contributed by atoms with Crippen molar-refractivity contribution in [3.63, 3.8) is 0 Å². The Morgan fingerprint density at radius 3 is 2.35 bits per heavy atom. The van der Waals surface area contributed by atoms with Gasteiger partial charge in [-0.1, -0.05) is 54.6 Å². The van der Waals surface area contributed by atoms with Crippen LogP contribution in [0.3, 0.4) is 0 Å². The van der Waals surface area contributed by atoms with E-state index in [4.69, 9.17) is 14.2 Å². The summed E-state index contributed by atoms with van der Waals surface area (Å²) in [5.41, 5.74) is 2.08. The molecule has 0 amide bonds. The van der Waals surface area contributed by atoms with Gasteiger partial charge in [-0.05, 0) is 22.8 Å². The number of nitrogens with zero attached hydrogens (tertiary/aromatic N) is 2. The zero-order valence-electron chi connectivity index (χ0n) is 20.8. The lowest BCUT2D eigenvalue weighted by atomic mass is 9.85. The molecule has 1 fully saturated rings. The van der Waals surface area contributed by atoms with E-state index in [1.807, 2.05) is 54.6 Å². The number of nitro groups is 1. The molecule has 4 rings (SSSR count). The van der Waals surface area contributed by atoms with Crippen LogP contribution in [0.2, 0.25) is 0 Å². The molecule has 3 aromatic rings. The minimum absolute atomic E-state index is 0.0163. The average molecular weight is 527 g/mol. The molecule has 9 nitrogen and oxygen atoms in total. The highest BCUT2D eigenvalue weighted by Crippen LogP contribution is 2.38. The summed E-state index contributed by atoms with van der Waals surface area (Å²) in [5.74, 6) is 0.109. The van der Waals surface area contributed by atoms with E-state index in [0.717, 1.165) is 22.9 Å². The number of nitro benzene ring substituents is 1. The number of ether oxygens (including phenoxy) is 3. The molecule has 196 valence electrons. The Morgan fingerprint density at radius 1 is 1.00 bits per heavy atom. The molecule has 3 aromatic carbocycles. The Bertz CT molecular complexity index is 1340. The van der Waals surface area contributed by atoms with E-state index in [-0.39, 0.29) is 30.3 Å². The van der Waals surface area contributed by atoms with Crippen molar-refractivity contribution >= 4 is 21.4 Å². The van der Waals surface area contributed by atoms with Crippen LogP contribution >= 0.6 is 0 Å². The van der Waals surface area contributed by atoms with Gasteiger partial charge in [-0.3, -0.25) is 14.4 Å². The highest BCUT2D eigenvalue weighted by molar-refractivity contribution is 7.92. The molecule has 0 atom stereocenters. The van der Waals surface area contributed by atoms with Crippen molar-refractivity contribution in [3.05, 3.63) is 99.6 Å². The first kappa shape index (κ1) is 26.6. The standard InChI is InChI=1S/C27H30N2O7S/c1-34-27(13-15-35-16-14-27)23-10-6-9-22(17-23)19-28(37(2,32)33)25-12-11-24(29(30)31)18-26(25)36-20-21-7-4-3-5-8-21/h3-12,17-18H,13-16,19-20H2,1-2H3. The number of rotatable bonds is 10. The third-order valence-corrected chi connectivity index (χ3v) is 7.66. The summed E-state index contributed by atoms with van der Waals surface area (Å²) in [7, 11) is -2.11. The molecule has 0 N–H and O–H groups in total. The lowest BCUT2D eigenvalue weighted by Crippen LogP contribution is -2.36. The van der Waals surface area contributed by atoms with E-state index in [9.17, 15) is 18.5 Å². The van der Waals surface area contributed by atoms with Crippen LogP contribution in [0.5, 0.6) is 5.75 Å². The third kappa shape index (κ3) is 6.27. The summed E-state index contributed by atoms with van der Waals surface area (Å²) in [6.45, 7) is 1.31. The molecule has 1 heterocycles. The van der Waals surface area contributed by atoms with Gasteiger partial charge in [0.15, 0.2) is 5.75 Å². The van der Waals surface area contributed by atoms with Crippen LogP contribution in [-0.4, -0.2) is 39.9 Å². The van der Waals surface area contributed by atoms with E-state index in [0.29, 0.717) is 26.1 Å².